The summed E-state index contributed by atoms with van der Waals surface area (Å²) in [6.45, 7) is 7.11. The van der Waals surface area contributed by atoms with Crippen molar-refractivity contribution < 1.29 is 9.59 Å². The molecule has 1 atom stereocenters. The lowest BCUT2D eigenvalue weighted by Gasteiger charge is -2.34. The van der Waals surface area contributed by atoms with Crippen LogP contribution in [0.3, 0.4) is 0 Å². The lowest BCUT2D eigenvalue weighted by molar-refractivity contribution is -0.119. The van der Waals surface area contributed by atoms with E-state index in [4.69, 9.17) is 5.73 Å². The molecule has 1 fully saturated rings. The van der Waals surface area contributed by atoms with Gasteiger partial charge in [-0.1, -0.05) is 0 Å². The molecule has 1 rings (SSSR count). The van der Waals surface area contributed by atoms with Gasteiger partial charge in [-0.25, -0.2) is 0 Å². The molecule has 8 heteroatoms. The maximum absolute atomic E-state index is 11.1. The van der Waals surface area contributed by atoms with Gasteiger partial charge in [0.25, 0.3) is 0 Å². The molecular formula is C14H28IN5O2. The highest BCUT2D eigenvalue weighted by atomic mass is 127. The number of nitrogens with one attached hydrogen (secondary N) is 2. The van der Waals surface area contributed by atoms with Crippen LogP contribution in [-0.4, -0.2) is 55.4 Å². The van der Waals surface area contributed by atoms with Gasteiger partial charge in [-0.2, -0.15) is 0 Å². The number of nitrogens with two attached hydrogens (primary N) is 1. The van der Waals surface area contributed by atoms with Crippen LogP contribution in [-0.2, 0) is 9.59 Å². The highest BCUT2D eigenvalue weighted by Crippen LogP contribution is 2.19. The van der Waals surface area contributed by atoms with Crippen LogP contribution in [0.2, 0.25) is 0 Å². The van der Waals surface area contributed by atoms with E-state index in [0.29, 0.717) is 25.4 Å². The van der Waals surface area contributed by atoms with E-state index in [1.807, 2.05) is 6.92 Å². The number of guanidine groups is 1. The highest BCUT2D eigenvalue weighted by molar-refractivity contribution is 14.0. The standard InChI is InChI=1S/C14H27N5O2.HI/c1-3-16-14(18-7-6-17-11(2)20)19-8-4-5-12(10-19)9-13(15)21;/h12H,3-10H2,1-2H3,(H2,15,21)(H,16,18)(H,17,20);1H. The highest BCUT2D eigenvalue weighted by Gasteiger charge is 2.23. The van der Waals surface area contributed by atoms with Crippen LogP contribution >= 0.6 is 24.0 Å². The van der Waals surface area contributed by atoms with Crippen LogP contribution in [0.25, 0.3) is 0 Å². The minimum Gasteiger partial charge on any atom is -0.370 e. The number of hydrogen-bond donors (Lipinski definition) is 3. The Labute approximate surface area is 149 Å². The van der Waals surface area contributed by atoms with E-state index in [0.717, 1.165) is 38.4 Å². The number of carbonyl (C=O) groups is 2. The average molecular weight is 425 g/mol. The van der Waals surface area contributed by atoms with E-state index in [9.17, 15) is 9.59 Å². The summed E-state index contributed by atoms with van der Waals surface area (Å²) >= 11 is 0. The molecule has 1 saturated heterocycles. The molecule has 0 bridgehead atoms. The second kappa shape index (κ2) is 11.5. The zero-order chi connectivity index (χ0) is 15.7. The number of rotatable bonds is 6. The summed E-state index contributed by atoms with van der Waals surface area (Å²) in [6, 6.07) is 0. The molecule has 1 aliphatic heterocycles. The fourth-order valence-corrected chi connectivity index (χ4v) is 2.53. The van der Waals surface area contributed by atoms with E-state index in [1.165, 1.54) is 6.92 Å². The molecule has 0 spiro atoms. The first-order valence-electron chi connectivity index (χ1n) is 7.59. The number of nitrogens with zero attached hydrogens (tertiary/aromatic N) is 2. The number of amides is 2. The summed E-state index contributed by atoms with van der Waals surface area (Å²) in [7, 11) is 0. The third-order valence-electron chi connectivity index (χ3n) is 3.39. The zero-order valence-corrected chi connectivity index (χ0v) is 15.8. The molecule has 4 N–H and O–H groups in total. The Balaban J connectivity index is 0.00000441. The number of halogens is 1. The predicted octanol–water partition coefficient (Wildman–Crippen LogP) is 0.293. The number of aliphatic imine (C=N–C) groups is 1. The van der Waals surface area contributed by atoms with Crippen molar-refractivity contribution in [1.82, 2.24) is 15.5 Å². The van der Waals surface area contributed by atoms with Crippen LogP contribution in [0.4, 0.5) is 0 Å². The van der Waals surface area contributed by atoms with Crippen molar-refractivity contribution in [3.8, 4) is 0 Å². The van der Waals surface area contributed by atoms with Crippen molar-refractivity contribution in [2.45, 2.75) is 33.1 Å². The smallest absolute Gasteiger partial charge is 0.217 e. The molecule has 1 aliphatic rings. The van der Waals surface area contributed by atoms with Crippen LogP contribution in [0, 0.1) is 5.92 Å². The average Bonchev–Trinajstić information content (AvgIpc) is 2.41. The molecule has 2 amide bonds. The molecule has 0 aromatic carbocycles. The minimum absolute atomic E-state index is 0. The lowest BCUT2D eigenvalue weighted by atomic mass is 9.95. The van der Waals surface area contributed by atoms with Crippen LogP contribution in [0.5, 0.6) is 0 Å². The van der Waals surface area contributed by atoms with Crippen molar-refractivity contribution in [2.24, 2.45) is 16.6 Å². The molecule has 7 nitrogen and oxygen atoms in total. The minimum atomic E-state index is -0.241. The van der Waals surface area contributed by atoms with Gasteiger partial charge in [0.15, 0.2) is 5.96 Å². The summed E-state index contributed by atoms with van der Waals surface area (Å²) in [6.07, 6.45) is 2.50. The van der Waals surface area contributed by atoms with Gasteiger partial charge in [-0.3, -0.25) is 14.6 Å². The van der Waals surface area contributed by atoms with Gasteiger partial charge < -0.3 is 21.3 Å². The topological polar surface area (TPSA) is 99.8 Å². The van der Waals surface area contributed by atoms with Crippen molar-refractivity contribution in [2.75, 3.05) is 32.7 Å². The van der Waals surface area contributed by atoms with Gasteiger partial charge in [0, 0.05) is 39.5 Å². The van der Waals surface area contributed by atoms with Crippen molar-refractivity contribution >= 4 is 41.8 Å². The monoisotopic (exact) mass is 425 g/mol. The van der Waals surface area contributed by atoms with Gasteiger partial charge >= 0.3 is 0 Å². The summed E-state index contributed by atoms with van der Waals surface area (Å²) in [4.78, 5) is 28.6. The maximum atomic E-state index is 11.1. The fraction of sp³-hybridized carbons (Fsp3) is 0.786. The summed E-state index contributed by atoms with van der Waals surface area (Å²) in [5.74, 6) is 0.858. The van der Waals surface area contributed by atoms with E-state index in [2.05, 4.69) is 20.5 Å². The van der Waals surface area contributed by atoms with Crippen LogP contribution in [0.15, 0.2) is 4.99 Å². The Bertz CT molecular complexity index is 389. The predicted molar refractivity (Wildman–Crippen MR) is 98.2 cm³/mol. The molecule has 0 aromatic rings. The molecule has 0 radical (unpaired) electrons. The molecule has 0 aromatic heterocycles. The summed E-state index contributed by atoms with van der Waals surface area (Å²) in [5.41, 5.74) is 5.29. The van der Waals surface area contributed by atoms with Gasteiger partial charge in [-0.05, 0) is 25.7 Å². The maximum Gasteiger partial charge on any atom is 0.217 e. The van der Waals surface area contributed by atoms with Crippen molar-refractivity contribution in [1.29, 1.82) is 0 Å². The van der Waals surface area contributed by atoms with E-state index in [1.54, 1.807) is 0 Å². The normalized spacial score (nSPS) is 18.4. The van der Waals surface area contributed by atoms with Crippen LogP contribution in [0.1, 0.15) is 33.1 Å². The molecule has 1 unspecified atom stereocenters. The number of hydrogen-bond acceptors (Lipinski definition) is 3. The number of likely N-dealkylation sites (tertiary alicyclic amines) is 1. The third-order valence-corrected chi connectivity index (χ3v) is 3.39. The first-order valence-corrected chi connectivity index (χ1v) is 7.59. The Morgan fingerprint density at radius 1 is 1.36 bits per heavy atom. The largest absolute Gasteiger partial charge is 0.370 e. The summed E-state index contributed by atoms with van der Waals surface area (Å²) in [5, 5.41) is 5.99. The van der Waals surface area contributed by atoms with Gasteiger partial charge in [-0.15, -0.1) is 24.0 Å². The lowest BCUT2D eigenvalue weighted by Crippen LogP contribution is -2.47. The molecule has 0 saturated carbocycles. The molecule has 22 heavy (non-hydrogen) atoms. The molecule has 128 valence electrons. The first kappa shape index (κ1) is 20.9. The molecule has 1 heterocycles. The quantitative estimate of drug-likeness (QED) is 0.247. The Morgan fingerprint density at radius 2 is 2.09 bits per heavy atom. The van der Waals surface area contributed by atoms with Gasteiger partial charge in [0.05, 0.1) is 6.54 Å². The Hall–Kier alpha value is -1.06. The Kier molecular flexibility index (Phi) is 10.9. The fourth-order valence-electron chi connectivity index (χ4n) is 2.53. The molecular weight excluding hydrogens is 397 g/mol. The van der Waals surface area contributed by atoms with Gasteiger partial charge in [0.1, 0.15) is 0 Å². The zero-order valence-electron chi connectivity index (χ0n) is 13.4. The van der Waals surface area contributed by atoms with Crippen molar-refractivity contribution in [3.63, 3.8) is 0 Å². The summed E-state index contributed by atoms with van der Waals surface area (Å²) < 4.78 is 0. The van der Waals surface area contributed by atoms with Crippen molar-refractivity contribution in [3.05, 3.63) is 0 Å². The Morgan fingerprint density at radius 3 is 2.68 bits per heavy atom. The van der Waals surface area contributed by atoms with E-state index in [-0.39, 0.29) is 35.8 Å². The van der Waals surface area contributed by atoms with Gasteiger partial charge in [0.2, 0.25) is 11.8 Å². The second-order valence-corrected chi connectivity index (χ2v) is 5.34. The number of piperidine rings is 1. The number of carbonyl (C=O) groups excluding carboxylic acids is 2. The van der Waals surface area contributed by atoms with Crippen LogP contribution < -0.4 is 16.4 Å². The SMILES string of the molecule is CCNC(=NCCNC(C)=O)N1CCCC(CC(N)=O)C1.I. The van der Waals surface area contributed by atoms with E-state index < -0.39 is 0 Å². The first-order chi connectivity index (χ1) is 10.0. The molecule has 0 aliphatic carbocycles. The van der Waals surface area contributed by atoms with E-state index >= 15 is 0 Å². The number of primary amides is 1. The third kappa shape index (κ3) is 8.40. The second-order valence-electron chi connectivity index (χ2n) is 5.34.